The number of nitrogens with zero attached hydrogens (tertiary/aromatic N) is 2. The van der Waals surface area contributed by atoms with Gasteiger partial charge in [0.05, 0.1) is 11.5 Å². The molecule has 7 nitrogen and oxygen atoms in total. The fourth-order valence-electron chi connectivity index (χ4n) is 4.66. The first kappa shape index (κ1) is 23.6. The molecule has 0 spiro atoms. The number of piperidine rings is 2. The van der Waals surface area contributed by atoms with Crippen molar-refractivity contribution in [3.05, 3.63) is 22.4 Å². The number of amides is 3. The molecular weight excluding hydrogens is 414 g/mol. The molecule has 2 aliphatic rings. The van der Waals surface area contributed by atoms with E-state index in [2.05, 4.69) is 5.32 Å². The molecule has 2 aliphatic heterocycles. The first-order valence-corrected chi connectivity index (χ1v) is 12.3. The lowest BCUT2D eigenvalue weighted by molar-refractivity contribution is -0.146. The van der Waals surface area contributed by atoms with Gasteiger partial charge in [-0.1, -0.05) is 19.9 Å². The lowest BCUT2D eigenvalue weighted by Crippen LogP contribution is -2.53. The van der Waals surface area contributed by atoms with E-state index < -0.39 is 6.04 Å². The van der Waals surface area contributed by atoms with Crippen molar-refractivity contribution in [2.45, 2.75) is 52.5 Å². The summed E-state index contributed by atoms with van der Waals surface area (Å²) in [6, 6.07) is 3.02. The summed E-state index contributed by atoms with van der Waals surface area (Å²) in [5, 5.41) is 4.81. The van der Waals surface area contributed by atoms with Gasteiger partial charge < -0.3 is 19.9 Å². The molecule has 3 rings (SSSR count). The van der Waals surface area contributed by atoms with Crippen LogP contribution in [0.1, 0.15) is 56.1 Å². The van der Waals surface area contributed by atoms with Gasteiger partial charge in [-0.15, -0.1) is 11.3 Å². The number of carbonyl (C=O) groups is 3. The van der Waals surface area contributed by atoms with Gasteiger partial charge in [0.1, 0.15) is 6.04 Å². The maximum absolute atomic E-state index is 12.7. The highest BCUT2D eigenvalue weighted by Gasteiger charge is 2.34. The van der Waals surface area contributed by atoms with E-state index in [4.69, 9.17) is 4.74 Å². The van der Waals surface area contributed by atoms with Crippen LogP contribution in [0, 0.1) is 17.8 Å². The van der Waals surface area contributed by atoms with Gasteiger partial charge >= 0.3 is 12.0 Å². The Bertz CT molecular complexity index is 736. The van der Waals surface area contributed by atoms with Gasteiger partial charge in [0.2, 0.25) is 0 Å². The molecule has 2 saturated heterocycles. The average Bonchev–Trinajstić information content (AvgIpc) is 3.32. The van der Waals surface area contributed by atoms with Gasteiger partial charge in [-0.3, -0.25) is 4.79 Å². The summed E-state index contributed by atoms with van der Waals surface area (Å²) >= 11 is 1.50. The largest absolute Gasteiger partial charge is 0.464 e. The van der Waals surface area contributed by atoms with Gasteiger partial charge in [0.25, 0.3) is 5.91 Å². The minimum atomic E-state index is -0.615. The maximum atomic E-state index is 12.7. The van der Waals surface area contributed by atoms with Crippen LogP contribution >= 0.6 is 11.3 Å². The van der Waals surface area contributed by atoms with Crippen LogP contribution in [0.5, 0.6) is 0 Å². The molecule has 0 radical (unpaired) electrons. The Morgan fingerprint density at radius 2 is 1.65 bits per heavy atom. The van der Waals surface area contributed by atoms with Crippen LogP contribution in [0.25, 0.3) is 0 Å². The van der Waals surface area contributed by atoms with Crippen molar-refractivity contribution in [3.8, 4) is 0 Å². The molecule has 3 heterocycles. The summed E-state index contributed by atoms with van der Waals surface area (Å²) in [5.74, 6) is 0.961. The van der Waals surface area contributed by atoms with Crippen LogP contribution in [0.2, 0.25) is 0 Å². The standard InChI is InChI=1S/C23H35N3O4S/c1-4-30-22(28)20(16(2)3)24-23(29)26-13-9-18(10-14-26)17-7-11-25(12-8-17)21(27)19-6-5-15-31-19/h5-6,15-18,20H,4,7-14H2,1-3H3,(H,24,29). The van der Waals surface area contributed by atoms with E-state index in [1.165, 1.54) is 11.3 Å². The lowest BCUT2D eigenvalue weighted by Gasteiger charge is -2.40. The number of thiophene rings is 1. The first-order valence-electron chi connectivity index (χ1n) is 11.5. The third kappa shape index (κ3) is 5.99. The number of urea groups is 1. The number of hydrogen-bond donors (Lipinski definition) is 1. The zero-order valence-electron chi connectivity index (χ0n) is 18.8. The monoisotopic (exact) mass is 449 g/mol. The van der Waals surface area contributed by atoms with Gasteiger partial charge in [-0.25, -0.2) is 9.59 Å². The maximum Gasteiger partial charge on any atom is 0.328 e. The van der Waals surface area contributed by atoms with Crippen molar-refractivity contribution in [1.29, 1.82) is 0 Å². The molecule has 31 heavy (non-hydrogen) atoms. The Hall–Kier alpha value is -2.09. The third-order valence-electron chi connectivity index (χ3n) is 6.54. The SMILES string of the molecule is CCOC(=O)C(NC(=O)N1CCC(C2CCN(C(=O)c3cccs3)CC2)CC1)C(C)C. The van der Waals surface area contributed by atoms with E-state index in [9.17, 15) is 14.4 Å². The molecule has 1 unspecified atom stereocenters. The summed E-state index contributed by atoms with van der Waals surface area (Å²) in [5.41, 5.74) is 0. The Morgan fingerprint density at radius 3 is 2.13 bits per heavy atom. The van der Waals surface area contributed by atoms with E-state index in [1.54, 1.807) is 6.92 Å². The zero-order valence-corrected chi connectivity index (χ0v) is 19.7. The molecule has 172 valence electrons. The summed E-state index contributed by atoms with van der Waals surface area (Å²) in [6.07, 6.45) is 4.02. The van der Waals surface area contributed by atoms with Crippen molar-refractivity contribution >= 4 is 29.2 Å². The molecule has 0 bridgehead atoms. The Balaban J connectivity index is 1.44. The molecule has 3 amide bonds. The Labute approximate surface area is 189 Å². The Kier molecular flexibility index (Phi) is 8.35. The van der Waals surface area contributed by atoms with Crippen molar-refractivity contribution < 1.29 is 19.1 Å². The van der Waals surface area contributed by atoms with E-state index >= 15 is 0 Å². The topological polar surface area (TPSA) is 79.0 Å². The van der Waals surface area contributed by atoms with Crippen LogP contribution < -0.4 is 5.32 Å². The third-order valence-corrected chi connectivity index (χ3v) is 7.40. The highest BCUT2D eigenvalue weighted by Crippen LogP contribution is 2.33. The second-order valence-corrected chi connectivity index (χ2v) is 9.80. The number of hydrogen-bond acceptors (Lipinski definition) is 5. The molecule has 0 aromatic carbocycles. The normalized spacial score (nSPS) is 19.4. The summed E-state index contributed by atoms with van der Waals surface area (Å²) in [4.78, 5) is 42.0. The minimum Gasteiger partial charge on any atom is -0.464 e. The van der Waals surface area contributed by atoms with Crippen molar-refractivity contribution in [2.24, 2.45) is 17.8 Å². The second-order valence-electron chi connectivity index (χ2n) is 8.85. The molecule has 1 N–H and O–H groups in total. The molecular formula is C23H35N3O4S. The van der Waals surface area contributed by atoms with Crippen molar-refractivity contribution in [3.63, 3.8) is 0 Å². The fraction of sp³-hybridized carbons (Fsp3) is 0.696. The second kappa shape index (κ2) is 11.0. The predicted molar refractivity (Wildman–Crippen MR) is 121 cm³/mol. The van der Waals surface area contributed by atoms with Crippen molar-refractivity contribution in [1.82, 2.24) is 15.1 Å². The van der Waals surface area contributed by atoms with Gasteiger partial charge in [-0.05, 0) is 61.8 Å². The molecule has 0 aliphatic carbocycles. The van der Waals surface area contributed by atoms with Gasteiger partial charge in [0.15, 0.2) is 0 Å². The number of likely N-dealkylation sites (tertiary alicyclic amines) is 2. The number of nitrogens with one attached hydrogen (secondary N) is 1. The fourth-order valence-corrected chi connectivity index (χ4v) is 5.35. The lowest BCUT2D eigenvalue weighted by atomic mass is 9.79. The Morgan fingerprint density at radius 1 is 1.06 bits per heavy atom. The summed E-state index contributed by atoms with van der Waals surface area (Å²) in [6.45, 7) is 8.94. The van der Waals surface area contributed by atoms with Gasteiger partial charge in [0, 0.05) is 26.2 Å². The molecule has 1 aromatic heterocycles. The molecule has 1 atom stereocenters. The van der Waals surface area contributed by atoms with Crippen LogP contribution in [0.3, 0.4) is 0 Å². The molecule has 0 saturated carbocycles. The number of rotatable bonds is 6. The smallest absolute Gasteiger partial charge is 0.328 e. The highest BCUT2D eigenvalue weighted by atomic mass is 32.1. The highest BCUT2D eigenvalue weighted by molar-refractivity contribution is 7.12. The van der Waals surface area contributed by atoms with E-state index in [-0.39, 0.29) is 23.8 Å². The van der Waals surface area contributed by atoms with E-state index in [0.717, 1.165) is 43.6 Å². The molecule has 8 heteroatoms. The van der Waals surface area contributed by atoms with E-state index in [0.29, 0.717) is 31.5 Å². The first-order chi connectivity index (χ1) is 14.9. The number of esters is 1. The minimum absolute atomic E-state index is 0.0254. The van der Waals surface area contributed by atoms with Gasteiger partial charge in [-0.2, -0.15) is 0 Å². The number of ether oxygens (including phenoxy) is 1. The predicted octanol–water partition coefficient (Wildman–Crippen LogP) is 3.61. The average molecular weight is 450 g/mol. The summed E-state index contributed by atoms with van der Waals surface area (Å²) < 4.78 is 5.10. The van der Waals surface area contributed by atoms with Crippen LogP contribution in [-0.4, -0.2) is 66.5 Å². The summed E-state index contributed by atoms with van der Waals surface area (Å²) in [7, 11) is 0. The van der Waals surface area contributed by atoms with Crippen LogP contribution in [-0.2, 0) is 9.53 Å². The van der Waals surface area contributed by atoms with Crippen LogP contribution in [0.15, 0.2) is 17.5 Å². The quantitative estimate of drug-likeness (QED) is 0.673. The van der Waals surface area contributed by atoms with Crippen molar-refractivity contribution in [2.75, 3.05) is 32.8 Å². The zero-order chi connectivity index (χ0) is 22.4. The number of carbonyl (C=O) groups excluding carboxylic acids is 3. The molecule has 2 fully saturated rings. The van der Waals surface area contributed by atoms with Crippen LogP contribution in [0.4, 0.5) is 4.79 Å². The van der Waals surface area contributed by atoms with E-state index in [1.807, 2.05) is 41.2 Å². The molecule has 1 aromatic rings.